The predicted molar refractivity (Wildman–Crippen MR) is 193 cm³/mol. The van der Waals surface area contributed by atoms with Gasteiger partial charge in [-0.15, -0.1) is 0 Å². The number of ether oxygens (including phenoxy) is 1. The lowest BCUT2D eigenvalue weighted by atomic mass is 10.1. The first-order valence-corrected chi connectivity index (χ1v) is 17.7. The Kier molecular flexibility index (Phi) is 15.5. The van der Waals surface area contributed by atoms with E-state index in [1.807, 2.05) is 13.8 Å². The molecule has 0 aliphatic rings. The van der Waals surface area contributed by atoms with E-state index in [-0.39, 0.29) is 47.8 Å². The van der Waals surface area contributed by atoms with Crippen molar-refractivity contribution in [3.05, 3.63) is 81.9 Å². The Morgan fingerprint density at radius 2 is 1.64 bits per heavy atom. The largest absolute Gasteiger partial charge is 0.481 e. The lowest BCUT2D eigenvalue weighted by Gasteiger charge is -2.14. The maximum absolute atomic E-state index is 13.0. The maximum Gasteiger partial charge on any atom is 0.340 e. The topological polar surface area (TPSA) is 253 Å². The van der Waals surface area contributed by atoms with E-state index in [9.17, 15) is 29.1 Å². The van der Waals surface area contributed by atoms with E-state index >= 15 is 0 Å². The Balaban J connectivity index is 1.31. The van der Waals surface area contributed by atoms with Crippen molar-refractivity contribution < 1.29 is 47.7 Å². The number of rotatable bonds is 22. The van der Waals surface area contributed by atoms with Crippen LogP contribution in [-0.4, -0.2) is 86.4 Å². The van der Waals surface area contributed by atoms with Crippen LogP contribution in [0.1, 0.15) is 65.9 Å². The minimum Gasteiger partial charge on any atom is -0.481 e. The monoisotopic (exact) mass is 753 g/mol. The normalized spacial score (nSPS) is 11.6. The van der Waals surface area contributed by atoms with Crippen LogP contribution in [-0.2, 0) is 34.4 Å². The Morgan fingerprint density at radius 1 is 0.925 bits per heavy atom. The van der Waals surface area contributed by atoms with Crippen molar-refractivity contribution in [3.8, 4) is 0 Å². The van der Waals surface area contributed by atoms with Crippen LogP contribution >= 0.6 is 8.60 Å². The summed E-state index contributed by atoms with van der Waals surface area (Å²) < 4.78 is 21.8. The molecule has 53 heavy (non-hydrogen) atoms. The number of carboxylic acid groups (broad SMARTS) is 2. The van der Waals surface area contributed by atoms with Gasteiger partial charge in [-0.25, -0.2) is 19.6 Å². The molecule has 0 fully saturated rings. The van der Waals surface area contributed by atoms with Gasteiger partial charge >= 0.3 is 26.5 Å². The van der Waals surface area contributed by atoms with Gasteiger partial charge in [-0.05, 0) is 69.5 Å². The van der Waals surface area contributed by atoms with Crippen molar-refractivity contribution in [1.82, 2.24) is 25.3 Å². The molecule has 6 N–H and O–H groups in total. The van der Waals surface area contributed by atoms with Crippen LogP contribution in [0.15, 0.2) is 59.5 Å². The number of anilines is 3. The summed E-state index contributed by atoms with van der Waals surface area (Å²) in [5.41, 5.74) is 1.28. The molecule has 2 aromatic heterocycles. The van der Waals surface area contributed by atoms with Gasteiger partial charge in [0.2, 0.25) is 5.95 Å². The molecule has 0 radical (unpaired) electrons. The quantitative estimate of drug-likeness (QED) is 0.0370. The van der Waals surface area contributed by atoms with Crippen molar-refractivity contribution in [1.29, 1.82) is 0 Å². The van der Waals surface area contributed by atoms with Crippen molar-refractivity contribution >= 4 is 60.9 Å². The number of nitrogens with one attached hydrogen (secondary N) is 4. The van der Waals surface area contributed by atoms with E-state index in [1.54, 1.807) is 36.4 Å². The lowest BCUT2D eigenvalue weighted by molar-refractivity contribution is -0.140. The van der Waals surface area contributed by atoms with Gasteiger partial charge in [-0.1, -0.05) is 12.1 Å². The van der Waals surface area contributed by atoms with Crippen LogP contribution in [0.3, 0.4) is 0 Å². The summed E-state index contributed by atoms with van der Waals surface area (Å²) in [6.07, 6.45) is 1.99. The smallest absolute Gasteiger partial charge is 0.340 e. The minimum absolute atomic E-state index is 0.00972. The third-order valence-electron chi connectivity index (χ3n) is 7.18. The van der Waals surface area contributed by atoms with Crippen LogP contribution in [0.5, 0.6) is 0 Å². The molecule has 0 bridgehead atoms. The van der Waals surface area contributed by atoms with Crippen molar-refractivity contribution in [3.63, 3.8) is 0 Å². The van der Waals surface area contributed by atoms with Gasteiger partial charge in [0.15, 0.2) is 11.2 Å². The Morgan fingerprint density at radius 3 is 2.34 bits per heavy atom. The van der Waals surface area contributed by atoms with E-state index in [0.29, 0.717) is 49.7 Å². The van der Waals surface area contributed by atoms with Crippen LogP contribution in [0.25, 0.3) is 11.2 Å². The average molecular weight is 754 g/mol. The van der Waals surface area contributed by atoms with Crippen molar-refractivity contribution in [2.75, 3.05) is 37.1 Å². The predicted octanol–water partition coefficient (Wildman–Crippen LogP) is 4.37. The van der Waals surface area contributed by atoms with E-state index < -0.39 is 50.4 Å². The zero-order valence-electron chi connectivity index (χ0n) is 29.0. The molecule has 2 aromatic carbocycles. The molecular weight excluding hydrogens is 713 g/mol. The zero-order valence-corrected chi connectivity index (χ0v) is 29.9. The number of esters is 1. The number of H-pyrrole nitrogens is 1. The summed E-state index contributed by atoms with van der Waals surface area (Å²) in [6.45, 7) is 5.43. The van der Waals surface area contributed by atoms with Gasteiger partial charge in [0.05, 0.1) is 56.1 Å². The summed E-state index contributed by atoms with van der Waals surface area (Å²) in [6, 6.07) is 11.4. The van der Waals surface area contributed by atoms with E-state index in [0.717, 1.165) is 0 Å². The number of para-hydroxylation sites is 1. The number of benzene rings is 2. The molecule has 0 saturated heterocycles. The second kappa shape index (κ2) is 20.5. The number of carbonyl (C=O) groups is 4. The Labute approximate surface area is 304 Å². The van der Waals surface area contributed by atoms with Crippen LogP contribution < -0.4 is 21.5 Å². The number of carbonyl (C=O) groups excluding carboxylic acids is 2. The fourth-order valence-electron chi connectivity index (χ4n) is 4.60. The van der Waals surface area contributed by atoms with Crippen LogP contribution in [0, 0.1) is 0 Å². The fraction of sp³-hybridized carbons (Fsp3) is 0.353. The molecule has 1 amide bonds. The van der Waals surface area contributed by atoms with Crippen LogP contribution in [0.2, 0.25) is 0 Å². The molecule has 4 aromatic rings. The number of aliphatic carboxylic acids is 2. The molecule has 282 valence electrons. The van der Waals surface area contributed by atoms with Gasteiger partial charge in [0, 0.05) is 17.7 Å². The number of unbranched alkanes of at least 4 members (excludes halogenated alkanes) is 1. The highest BCUT2D eigenvalue weighted by atomic mass is 31.2. The molecular formula is C34H40N7O11P. The molecule has 1 unspecified atom stereocenters. The number of carboxylic acids is 2. The molecule has 18 nitrogen and oxygen atoms in total. The average Bonchev–Trinajstić information content (AvgIpc) is 3.14. The molecule has 0 saturated carbocycles. The fourth-order valence-corrected chi connectivity index (χ4v) is 5.53. The summed E-state index contributed by atoms with van der Waals surface area (Å²) in [5.74, 6) is -3.68. The van der Waals surface area contributed by atoms with Crippen molar-refractivity contribution in [2.24, 2.45) is 0 Å². The summed E-state index contributed by atoms with van der Waals surface area (Å²) >= 11 is 0. The summed E-state index contributed by atoms with van der Waals surface area (Å²) in [7, 11) is -1.38. The molecule has 4 rings (SSSR count). The highest BCUT2D eigenvalue weighted by Gasteiger charge is 2.22. The first-order valence-electron chi connectivity index (χ1n) is 16.6. The van der Waals surface area contributed by atoms with Gasteiger partial charge in [-0.2, -0.15) is 4.98 Å². The maximum atomic E-state index is 13.0. The van der Waals surface area contributed by atoms with Gasteiger partial charge in [0.25, 0.3) is 11.5 Å². The number of amides is 1. The first-order chi connectivity index (χ1) is 25.6. The third-order valence-corrected chi connectivity index (χ3v) is 8.51. The molecule has 0 aliphatic heterocycles. The van der Waals surface area contributed by atoms with Crippen LogP contribution in [0.4, 0.5) is 17.3 Å². The number of aromatic nitrogens is 4. The zero-order chi connectivity index (χ0) is 38.2. The van der Waals surface area contributed by atoms with E-state index in [4.69, 9.17) is 23.4 Å². The molecule has 19 heteroatoms. The highest BCUT2D eigenvalue weighted by molar-refractivity contribution is 7.41. The van der Waals surface area contributed by atoms with E-state index in [2.05, 4.69) is 35.9 Å². The second-order valence-corrected chi connectivity index (χ2v) is 12.3. The van der Waals surface area contributed by atoms with Gasteiger partial charge in [0.1, 0.15) is 6.04 Å². The Bertz CT molecular complexity index is 1920. The molecule has 1 atom stereocenters. The number of hydrogen-bond donors (Lipinski definition) is 6. The number of aromatic amines is 1. The number of nitrogens with zero attached hydrogens (tertiary/aromatic N) is 3. The minimum atomic E-state index is -1.38. The molecule has 0 aliphatic carbocycles. The second-order valence-electron chi connectivity index (χ2n) is 11.1. The lowest BCUT2D eigenvalue weighted by Crippen LogP contribution is -2.41. The Hall–Kier alpha value is -5.55. The molecule has 0 spiro atoms. The van der Waals surface area contributed by atoms with Gasteiger partial charge < -0.3 is 44.5 Å². The first kappa shape index (κ1) is 40.2. The summed E-state index contributed by atoms with van der Waals surface area (Å²) in [5, 5.41) is 26.5. The number of hydrogen-bond acceptors (Lipinski definition) is 14. The SMILES string of the molecule is CCOP(OCC)OCCCCOC(=O)c1ccccc1Nc1nc2ncc(CNc3ccc(C(=O)NC(CCC(=O)O)C(=O)O)cc3)nc2c(=O)[nH]1. The summed E-state index contributed by atoms with van der Waals surface area (Å²) in [4.78, 5) is 76.2. The number of fused-ring (bicyclic) bond motifs is 1. The van der Waals surface area contributed by atoms with Gasteiger partial charge in [-0.3, -0.25) is 19.4 Å². The standard InChI is InChI=1S/C34H40N7O11P/c1-3-50-53(51-4-2)52-18-8-7-17-49-33(48)24-9-5-6-10-25(24)39-34-40-29-28(31(45)41-34)37-23(20-36-29)19-35-22-13-11-21(12-14-22)30(44)38-26(32(46)47)15-16-27(42)43/h5-6,9-14,20,26,35H,3-4,7-8,15-19H2,1-2H3,(H,38,44)(H,42,43)(H,46,47)(H2,36,39,40,41,45). The van der Waals surface area contributed by atoms with E-state index in [1.165, 1.54) is 18.3 Å². The third kappa shape index (κ3) is 12.6. The molecule has 2 heterocycles. The van der Waals surface area contributed by atoms with Crippen molar-refractivity contribution in [2.45, 2.75) is 52.1 Å². The highest BCUT2D eigenvalue weighted by Crippen LogP contribution is 2.39.